The lowest BCUT2D eigenvalue weighted by molar-refractivity contribution is 0.205. The van der Waals surface area contributed by atoms with E-state index in [2.05, 4.69) is 34.1 Å². The van der Waals surface area contributed by atoms with Crippen molar-refractivity contribution in [2.75, 3.05) is 46.4 Å². The van der Waals surface area contributed by atoms with Crippen LogP contribution in [0.1, 0.15) is 55.6 Å². The van der Waals surface area contributed by atoms with Gasteiger partial charge in [0, 0.05) is 19.6 Å². The first kappa shape index (κ1) is 24.6. The summed E-state index contributed by atoms with van der Waals surface area (Å²) in [5.74, 6) is 1.99. The van der Waals surface area contributed by atoms with Crippen LogP contribution in [-0.4, -0.2) is 61.3 Å². The van der Waals surface area contributed by atoms with E-state index in [1.165, 1.54) is 69.3 Å². The second-order valence-electron chi connectivity index (χ2n) is 9.00. The van der Waals surface area contributed by atoms with Gasteiger partial charge in [-0.25, -0.2) is 0 Å². The first-order valence-electron chi connectivity index (χ1n) is 12.2. The molecule has 0 aliphatic carbocycles. The van der Waals surface area contributed by atoms with Crippen molar-refractivity contribution in [2.24, 2.45) is 5.73 Å². The molecule has 0 spiro atoms. The van der Waals surface area contributed by atoms with Crippen molar-refractivity contribution in [3.63, 3.8) is 0 Å². The van der Waals surface area contributed by atoms with Crippen LogP contribution in [0.25, 0.3) is 0 Å². The normalized spacial score (nSPS) is 15.3. The van der Waals surface area contributed by atoms with Crippen molar-refractivity contribution >= 4 is 0 Å². The van der Waals surface area contributed by atoms with Crippen LogP contribution in [0.3, 0.4) is 0 Å². The number of unbranched alkanes of at least 4 members (excludes halogenated alkanes) is 3. The van der Waals surface area contributed by atoms with Crippen LogP contribution < -0.4 is 10.5 Å². The Labute approximate surface area is 194 Å². The zero-order valence-corrected chi connectivity index (χ0v) is 19.7. The van der Waals surface area contributed by atoms with Gasteiger partial charge in [-0.3, -0.25) is 4.90 Å². The molecule has 0 amide bonds. The smallest absolute Gasteiger partial charge is 0.122 e. The van der Waals surface area contributed by atoms with E-state index in [0.717, 1.165) is 25.4 Å². The highest BCUT2D eigenvalue weighted by molar-refractivity contribution is 5.36. The predicted octanol–water partition coefficient (Wildman–Crippen LogP) is 4.60. The van der Waals surface area contributed by atoms with E-state index in [9.17, 15) is 5.11 Å². The average molecular weight is 440 g/mol. The number of benzene rings is 2. The van der Waals surface area contributed by atoms with Crippen LogP contribution in [-0.2, 0) is 6.54 Å². The molecule has 3 N–H and O–H groups in total. The van der Waals surface area contributed by atoms with Gasteiger partial charge in [0.1, 0.15) is 11.5 Å². The molecule has 32 heavy (non-hydrogen) atoms. The minimum Gasteiger partial charge on any atom is -0.508 e. The van der Waals surface area contributed by atoms with Crippen molar-refractivity contribution < 1.29 is 9.84 Å². The fourth-order valence-electron chi connectivity index (χ4n) is 4.81. The van der Waals surface area contributed by atoms with Crippen molar-refractivity contribution in [3.8, 4) is 11.5 Å². The lowest BCUT2D eigenvalue weighted by atomic mass is 9.88. The Kier molecular flexibility index (Phi) is 10.3. The third kappa shape index (κ3) is 7.80. The number of likely N-dealkylation sites (tertiary alicyclic amines) is 1. The SMILES string of the molecule is COc1ccccc1C1CCN(CCCCCCN(CCN)Cc2ccc(O)cc2)CC1. The molecule has 1 aliphatic heterocycles. The van der Waals surface area contributed by atoms with Crippen LogP contribution in [0.4, 0.5) is 0 Å². The Morgan fingerprint density at radius 3 is 2.41 bits per heavy atom. The predicted molar refractivity (Wildman–Crippen MR) is 132 cm³/mol. The molecule has 0 radical (unpaired) electrons. The molecule has 0 unspecified atom stereocenters. The first-order chi connectivity index (χ1) is 15.7. The number of phenols is 1. The Hall–Kier alpha value is -2.08. The van der Waals surface area contributed by atoms with Gasteiger partial charge in [0.2, 0.25) is 0 Å². The highest BCUT2D eigenvalue weighted by Gasteiger charge is 2.22. The fraction of sp³-hybridized carbons (Fsp3) is 0.556. The zero-order chi connectivity index (χ0) is 22.6. The molecule has 2 aromatic carbocycles. The van der Waals surface area contributed by atoms with E-state index in [1.54, 1.807) is 19.2 Å². The third-order valence-electron chi connectivity index (χ3n) is 6.65. The maximum absolute atomic E-state index is 9.46. The van der Waals surface area contributed by atoms with Gasteiger partial charge in [0.15, 0.2) is 0 Å². The van der Waals surface area contributed by atoms with Gasteiger partial charge >= 0.3 is 0 Å². The monoisotopic (exact) mass is 439 g/mol. The first-order valence-corrected chi connectivity index (χ1v) is 12.2. The van der Waals surface area contributed by atoms with Gasteiger partial charge in [-0.15, -0.1) is 0 Å². The molecule has 0 bridgehead atoms. The van der Waals surface area contributed by atoms with Crippen molar-refractivity contribution in [1.82, 2.24) is 9.80 Å². The molecular weight excluding hydrogens is 398 g/mol. The van der Waals surface area contributed by atoms with Crippen LogP contribution in [0.15, 0.2) is 48.5 Å². The number of hydrogen-bond acceptors (Lipinski definition) is 5. The fourth-order valence-corrected chi connectivity index (χ4v) is 4.81. The summed E-state index contributed by atoms with van der Waals surface area (Å²) < 4.78 is 5.56. The number of methoxy groups -OCH3 is 1. The lowest BCUT2D eigenvalue weighted by Gasteiger charge is -2.32. The van der Waals surface area contributed by atoms with E-state index < -0.39 is 0 Å². The van der Waals surface area contributed by atoms with E-state index in [4.69, 9.17) is 10.5 Å². The third-order valence-corrected chi connectivity index (χ3v) is 6.65. The number of piperidine rings is 1. The number of hydrogen-bond donors (Lipinski definition) is 2. The standard InChI is InChI=1S/C27H41N3O2/c1-32-27-9-5-4-8-26(27)24-14-19-29(20-15-24)17-6-2-3-7-18-30(21-16-28)22-23-10-12-25(31)13-11-23/h4-5,8-13,24,31H,2-3,6-7,14-22,28H2,1H3. The van der Waals surface area contributed by atoms with E-state index in [-0.39, 0.29) is 0 Å². The van der Waals surface area contributed by atoms with Gasteiger partial charge in [0.05, 0.1) is 7.11 Å². The van der Waals surface area contributed by atoms with Crippen molar-refractivity contribution in [3.05, 3.63) is 59.7 Å². The highest BCUT2D eigenvalue weighted by atomic mass is 16.5. The molecule has 0 atom stereocenters. The molecule has 0 saturated carbocycles. The molecule has 5 nitrogen and oxygen atoms in total. The van der Waals surface area contributed by atoms with Crippen LogP contribution >= 0.6 is 0 Å². The van der Waals surface area contributed by atoms with E-state index in [1.807, 2.05) is 12.1 Å². The number of phenolic OH excluding ortho intramolecular Hbond substituents is 1. The number of ether oxygens (including phenoxy) is 1. The second kappa shape index (κ2) is 13.5. The number of aromatic hydroxyl groups is 1. The van der Waals surface area contributed by atoms with Crippen LogP contribution in [0.5, 0.6) is 11.5 Å². The largest absolute Gasteiger partial charge is 0.508 e. The Balaban J connectivity index is 1.29. The van der Waals surface area contributed by atoms with Gasteiger partial charge in [-0.05, 0) is 87.1 Å². The summed E-state index contributed by atoms with van der Waals surface area (Å²) in [5, 5.41) is 9.46. The zero-order valence-electron chi connectivity index (χ0n) is 19.7. The Bertz CT molecular complexity index is 773. The molecule has 1 heterocycles. The highest BCUT2D eigenvalue weighted by Crippen LogP contribution is 2.34. The summed E-state index contributed by atoms with van der Waals surface area (Å²) in [5.41, 5.74) is 8.42. The topological polar surface area (TPSA) is 62.0 Å². The van der Waals surface area contributed by atoms with E-state index in [0.29, 0.717) is 18.2 Å². The molecule has 2 aromatic rings. The van der Waals surface area contributed by atoms with Gasteiger partial charge in [0.25, 0.3) is 0 Å². The second-order valence-corrected chi connectivity index (χ2v) is 9.00. The molecule has 5 heteroatoms. The van der Waals surface area contributed by atoms with Gasteiger partial charge in [-0.1, -0.05) is 43.2 Å². The summed E-state index contributed by atoms with van der Waals surface area (Å²) in [6.07, 6.45) is 7.52. The summed E-state index contributed by atoms with van der Waals surface area (Å²) in [6, 6.07) is 16.0. The van der Waals surface area contributed by atoms with Crippen LogP contribution in [0, 0.1) is 0 Å². The number of rotatable bonds is 13. The summed E-state index contributed by atoms with van der Waals surface area (Å²) in [4.78, 5) is 5.06. The summed E-state index contributed by atoms with van der Waals surface area (Å²) in [7, 11) is 1.77. The maximum Gasteiger partial charge on any atom is 0.122 e. The summed E-state index contributed by atoms with van der Waals surface area (Å²) >= 11 is 0. The lowest BCUT2D eigenvalue weighted by Crippen LogP contribution is -2.33. The van der Waals surface area contributed by atoms with Gasteiger partial charge < -0.3 is 20.5 Å². The Morgan fingerprint density at radius 1 is 0.969 bits per heavy atom. The number of nitrogens with two attached hydrogens (primary N) is 1. The Morgan fingerprint density at radius 2 is 1.69 bits per heavy atom. The minimum atomic E-state index is 0.322. The van der Waals surface area contributed by atoms with Crippen LogP contribution in [0.2, 0.25) is 0 Å². The van der Waals surface area contributed by atoms with Crippen molar-refractivity contribution in [2.45, 2.75) is 51.0 Å². The average Bonchev–Trinajstić information content (AvgIpc) is 2.83. The van der Waals surface area contributed by atoms with Gasteiger partial charge in [-0.2, -0.15) is 0 Å². The number of nitrogens with zero attached hydrogens (tertiary/aromatic N) is 2. The maximum atomic E-state index is 9.46. The number of para-hydroxylation sites is 1. The summed E-state index contributed by atoms with van der Waals surface area (Å²) in [6.45, 7) is 7.20. The molecule has 176 valence electrons. The molecule has 1 saturated heterocycles. The molecular formula is C27H41N3O2. The van der Waals surface area contributed by atoms with E-state index >= 15 is 0 Å². The molecule has 1 fully saturated rings. The molecule has 3 rings (SSSR count). The molecule has 0 aromatic heterocycles. The van der Waals surface area contributed by atoms with Crippen molar-refractivity contribution in [1.29, 1.82) is 0 Å². The minimum absolute atomic E-state index is 0.322. The molecule has 1 aliphatic rings. The quantitative estimate of drug-likeness (QED) is 0.447.